The Kier molecular flexibility index (Phi) is 2.91. The number of hydrogen-bond donors (Lipinski definition) is 1. The summed E-state index contributed by atoms with van der Waals surface area (Å²) in [4.78, 5) is 11.5. The zero-order valence-electron chi connectivity index (χ0n) is 8.91. The van der Waals surface area contributed by atoms with Crippen molar-refractivity contribution in [1.82, 2.24) is 0 Å². The predicted octanol–water partition coefficient (Wildman–Crippen LogP) is 2.15. The molecule has 14 heavy (non-hydrogen) atoms. The molecule has 0 spiro atoms. The van der Waals surface area contributed by atoms with Crippen LogP contribution in [0, 0.1) is 17.8 Å². The Morgan fingerprint density at radius 1 is 1.07 bits per heavy atom. The minimum absolute atomic E-state index is 0.129. The van der Waals surface area contributed by atoms with Crippen LogP contribution in [0.3, 0.4) is 0 Å². The zero-order valence-corrected chi connectivity index (χ0v) is 8.91. The molecule has 2 heteroatoms. The van der Waals surface area contributed by atoms with Crippen LogP contribution in [0.1, 0.15) is 45.4 Å². The van der Waals surface area contributed by atoms with E-state index in [0.29, 0.717) is 17.6 Å². The molecular weight excluding hydrogens is 176 g/mol. The molecule has 2 aliphatic rings. The normalized spacial score (nSPS) is 43.0. The maximum atomic E-state index is 11.5. The first-order valence-electron chi connectivity index (χ1n) is 5.88. The third-order valence-corrected chi connectivity index (χ3v) is 4.17. The Morgan fingerprint density at radius 3 is 2.43 bits per heavy atom. The van der Waals surface area contributed by atoms with Gasteiger partial charge in [-0.15, -0.1) is 0 Å². The van der Waals surface area contributed by atoms with E-state index in [2.05, 4.69) is 0 Å². The summed E-state index contributed by atoms with van der Waals surface area (Å²) in [6.45, 7) is 1.72. The van der Waals surface area contributed by atoms with E-state index in [4.69, 9.17) is 0 Å². The lowest BCUT2D eigenvalue weighted by molar-refractivity contribution is -0.127. The van der Waals surface area contributed by atoms with E-state index in [1.165, 1.54) is 0 Å². The van der Waals surface area contributed by atoms with Gasteiger partial charge in [-0.2, -0.15) is 0 Å². The fraction of sp³-hybridized carbons (Fsp3) is 0.917. The van der Waals surface area contributed by atoms with E-state index in [9.17, 15) is 9.90 Å². The van der Waals surface area contributed by atoms with Crippen LogP contribution in [0.2, 0.25) is 0 Å². The van der Waals surface area contributed by atoms with Gasteiger partial charge in [0, 0.05) is 5.92 Å². The number of aliphatic hydroxyl groups is 1. The van der Waals surface area contributed by atoms with Crippen molar-refractivity contribution in [2.45, 2.75) is 51.6 Å². The van der Waals surface area contributed by atoms with Gasteiger partial charge in [-0.3, -0.25) is 4.79 Å². The highest BCUT2D eigenvalue weighted by Crippen LogP contribution is 2.44. The van der Waals surface area contributed by atoms with Crippen LogP contribution in [0.25, 0.3) is 0 Å². The zero-order chi connectivity index (χ0) is 10.1. The topological polar surface area (TPSA) is 37.3 Å². The maximum absolute atomic E-state index is 11.5. The summed E-state index contributed by atoms with van der Waals surface area (Å²) in [6, 6.07) is 0. The summed E-state index contributed by atoms with van der Waals surface area (Å²) < 4.78 is 0. The lowest BCUT2D eigenvalue weighted by Crippen LogP contribution is -2.41. The van der Waals surface area contributed by atoms with E-state index in [-0.39, 0.29) is 12.0 Å². The summed E-state index contributed by atoms with van der Waals surface area (Å²) >= 11 is 0. The molecule has 4 atom stereocenters. The van der Waals surface area contributed by atoms with Crippen LogP contribution in [0.4, 0.5) is 0 Å². The quantitative estimate of drug-likeness (QED) is 0.697. The number of hydrogen-bond acceptors (Lipinski definition) is 2. The third-order valence-electron chi connectivity index (χ3n) is 4.17. The van der Waals surface area contributed by atoms with Crippen LogP contribution >= 0.6 is 0 Å². The fourth-order valence-corrected chi connectivity index (χ4v) is 3.47. The molecule has 2 saturated carbocycles. The smallest absolute Gasteiger partial charge is 0.133 e. The van der Waals surface area contributed by atoms with Crippen LogP contribution in [-0.4, -0.2) is 17.0 Å². The van der Waals surface area contributed by atoms with Crippen molar-refractivity contribution in [3.63, 3.8) is 0 Å². The highest BCUT2D eigenvalue weighted by molar-refractivity contribution is 5.78. The Balaban J connectivity index is 2.11. The van der Waals surface area contributed by atoms with Gasteiger partial charge in [-0.1, -0.05) is 12.8 Å². The summed E-state index contributed by atoms with van der Waals surface area (Å²) in [7, 11) is 0. The molecule has 0 bridgehead atoms. The number of Topliss-reactive ketones (excluding diaryl/α,β-unsaturated/α-hetero) is 1. The first-order valence-corrected chi connectivity index (χ1v) is 5.88. The minimum atomic E-state index is -0.129. The summed E-state index contributed by atoms with van der Waals surface area (Å²) in [5, 5.41) is 9.89. The van der Waals surface area contributed by atoms with Crippen molar-refractivity contribution in [3.8, 4) is 0 Å². The minimum Gasteiger partial charge on any atom is -0.393 e. The van der Waals surface area contributed by atoms with Gasteiger partial charge in [0.1, 0.15) is 5.78 Å². The van der Waals surface area contributed by atoms with Gasteiger partial charge in [0.2, 0.25) is 0 Å². The highest BCUT2D eigenvalue weighted by atomic mass is 16.3. The van der Waals surface area contributed by atoms with Crippen LogP contribution in [0.5, 0.6) is 0 Å². The third kappa shape index (κ3) is 1.72. The summed E-state index contributed by atoms with van der Waals surface area (Å²) in [5.41, 5.74) is 0. The first-order chi connectivity index (χ1) is 6.70. The van der Waals surface area contributed by atoms with Gasteiger partial charge in [-0.25, -0.2) is 0 Å². The lowest BCUT2D eigenvalue weighted by Gasteiger charge is -2.43. The van der Waals surface area contributed by atoms with Crippen molar-refractivity contribution in [3.05, 3.63) is 0 Å². The average Bonchev–Trinajstić information content (AvgIpc) is 2.17. The van der Waals surface area contributed by atoms with Gasteiger partial charge >= 0.3 is 0 Å². The first kappa shape index (κ1) is 10.2. The molecule has 0 amide bonds. The molecule has 0 aromatic heterocycles. The van der Waals surface area contributed by atoms with Crippen LogP contribution < -0.4 is 0 Å². The number of aliphatic hydroxyl groups excluding tert-OH is 1. The molecule has 0 aromatic rings. The summed E-state index contributed by atoms with van der Waals surface area (Å²) in [6.07, 6.45) is 6.40. The second-order valence-corrected chi connectivity index (χ2v) is 4.97. The van der Waals surface area contributed by atoms with Crippen molar-refractivity contribution in [1.29, 1.82) is 0 Å². The Bertz CT molecular complexity index is 224. The SMILES string of the molecule is CC(=O)[C@@H]1CCCC2[C@H](O)CCC[C@@H]21. The van der Waals surface area contributed by atoms with Gasteiger partial charge in [0.15, 0.2) is 0 Å². The molecule has 1 unspecified atom stereocenters. The van der Waals surface area contributed by atoms with E-state index < -0.39 is 0 Å². The number of carbonyl (C=O) groups is 1. The molecule has 1 N–H and O–H groups in total. The molecule has 2 nitrogen and oxygen atoms in total. The van der Waals surface area contributed by atoms with Gasteiger partial charge < -0.3 is 5.11 Å². The Morgan fingerprint density at radius 2 is 1.71 bits per heavy atom. The molecule has 0 heterocycles. The van der Waals surface area contributed by atoms with Gasteiger partial charge in [0.25, 0.3) is 0 Å². The van der Waals surface area contributed by atoms with Gasteiger partial charge in [-0.05, 0) is 44.4 Å². The monoisotopic (exact) mass is 196 g/mol. The number of rotatable bonds is 1. The molecule has 0 aliphatic heterocycles. The van der Waals surface area contributed by atoms with Crippen molar-refractivity contribution >= 4 is 5.78 Å². The average molecular weight is 196 g/mol. The molecule has 2 aliphatic carbocycles. The lowest BCUT2D eigenvalue weighted by atomic mass is 9.63. The molecule has 2 fully saturated rings. The van der Waals surface area contributed by atoms with E-state index >= 15 is 0 Å². The highest BCUT2D eigenvalue weighted by Gasteiger charge is 2.40. The van der Waals surface area contributed by atoms with Crippen molar-refractivity contribution in [2.75, 3.05) is 0 Å². The van der Waals surface area contributed by atoms with Gasteiger partial charge in [0.05, 0.1) is 6.10 Å². The molecule has 0 aromatic carbocycles. The molecule has 80 valence electrons. The van der Waals surface area contributed by atoms with E-state index in [0.717, 1.165) is 38.5 Å². The molecule has 0 radical (unpaired) electrons. The Labute approximate surface area is 85.7 Å². The predicted molar refractivity (Wildman–Crippen MR) is 54.9 cm³/mol. The summed E-state index contributed by atoms with van der Waals surface area (Å²) in [5.74, 6) is 1.51. The van der Waals surface area contributed by atoms with Crippen LogP contribution in [0.15, 0.2) is 0 Å². The fourth-order valence-electron chi connectivity index (χ4n) is 3.47. The second kappa shape index (κ2) is 4.01. The van der Waals surface area contributed by atoms with Crippen LogP contribution in [-0.2, 0) is 4.79 Å². The Hall–Kier alpha value is -0.370. The standard InChI is InChI=1S/C12H20O2/c1-8(13)9-4-2-6-11-10(9)5-3-7-12(11)14/h9-12,14H,2-7H2,1H3/t9-,10+,11?,12+/m0/s1. The molecule has 2 rings (SSSR count). The largest absolute Gasteiger partial charge is 0.393 e. The number of fused-ring (bicyclic) bond motifs is 1. The van der Waals surface area contributed by atoms with E-state index in [1.807, 2.05) is 0 Å². The molecule has 0 saturated heterocycles. The maximum Gasteiger partial charge on any atom is 0.133 e. The number of ketones is 1. The van der Waals surface area contributed by atoms with Crippen molar-refractivity contribution in [2.24, 2.45) is 17.8 Å². The van der Waals surface area contributed by atoms with E-state index in [1.54, 1.807) is 6.92 Å². The number of carbonyl (C=O) groups excluding carboxylic acids is 1. The molecular formula is C12H20O2. The second-order valence-electron chi connectivity index (χ2n) is 4.97. The van der Waals surface area contributed by atoms with Crippen molar-refractivity contribution < 1.29 is 9.90 Å².